The van der Waals surface area contributed by atoms with E-state index in [1.54, 1.807) is 0 Å². The van der Waals surface area contributed by atoms with Gasteiger partial charge in [0.1, 0.15) is 0 Å². The van der Waals surface area contributed by atoms with Crippen LogP contribution in [0.5, 0.6) is 0 Å². The van der Waals surface area contributed by atoms with E-state index in [0.29, 0.717) is 27.9 Å². The molecule has 0 radical (unpaired) electrons. The molecule has 0 aromatic carbocycles. The summed E-state index contributed by atoms with van der Waals surface area (Å²) in [6.45, 7) is 8.55. The molecule has 0 amide bonds. The van der Waals surface area contributed by atoms with Crippen LogP contribution in [-0.4, -0.2) is 41.0 Å². The Labute approximate surface area is 126 Å². The van der Waals surface area contributed by atoms with E-state index in [1.165, 1.54) is 6.42 Å². The Morgan fingerprint density at radius 2 is 1.75 bits per heavy atom. The highest BCUT2D eigenvalue weighted by molar-refractivity contribution is 7.86. The van der Waals surface area contributed by atoms with E-state index in [0.717, 1.165) is 38.9 Å². The van der Waals surface area contributed by atoms with Crippen molar-refractivity contribution in [3.8, 4) is 0 Å². The van der Waals surface area contributed by atoms with Crippen molar-refractivity contribution in [2.45, 2.75) is 69.4 Å². The Kier molecular flexibility index (Phi) is 5.66. The van der Waals surface area contributed by atoms with Crippen molar-refractivity contribution < 1.29 is 8.95 Å². The second kappa shape index (κ2) is 6.89. The Hall–Kier alpha value is 0.0700. The van der Waals surface area contributed by atoms with Gasteiger partial charge in [-0.3, -0.25) is 4.21 Å². The Balaban J connectivity index is 2.06. The fraction of sp³-hybridized carbons (Fsp3) is 1.00. The molecule has 0 aromatic rings. The summed E-state index contributed by atoms with van der Waals surface area (Å²) >= 11 is 0. The SMILES string of the molecule is CNC1CCC(C(C)(C)C)CC1S(=O)C1CCOCC1. The zero-order valence-corrected chi connectivity index (χ0v) is 14.3. The van der Waals surface area contributed by atoms with Crippen molar-refractivity contribution in [2.24, 2.45) is 11.3 Å². The second-order valence-electron chi connectivity index (χ2n) is 7.45. The van der Waals surface area contributed by atoms with Crippen LogP contribution < -0.4 is 5.32 Å². The maximum Gasteiger partial charge on any atom is 0.0506 e. The summed E-state index contributed by atoms with van der Waals surface area (Å²) in [7, 11) is 1.30. The molecule has 0 aromatic heterocycles. The first-order valence-corrected chi connectivity index (χ1v) is 9.35. The molecule has 2 aliphatic rings. The summed E-state index contributed by atoms with van der Waals surface area (Å²) in [5.41, 5.74) is 0.330. The van der Waals surface area contributed by atoms with Crippen LogP contribution in [0, 0.1) is 11.3 Å². The molecule has 3 nitrogen and oxygen atoms in total. The maximum atomic E-state index is 13.0. The number of rotatable bonds is 3. The first-order valence-electron chi connectivity index (χ1n) is 8.08. The molecule has 4 atom stereocenters. The van der Waals surface area contributed by atoms with Gasteiger partial charge in [-0.1, -0.05) is 20.8 Å². The molecule has 2 fully saturated rings. The van der Waals surface area contributed by atoms with Gasteiger partial charge in [0.2, 0.25) is 0 Å². The van der Waals surface area contributed by atoms with Gasteiger partial charge in [0.15, 0.2) is 0 Å². The van der Waals surface area contributed by atoms with Crippen LogP contribution in [0.1, 0.15) is 52.9 Å². The van der Waals surface area contributed by atoms with E-state index < -0.39 is 10.8 Å². The highest BCUT2D eigenvalue weighted by Gasteiger charge is 2.40. The molecular formula is C16H31NO2S. The van der Waals surface area contributed by atoms with E-state index >= 15 is 0 Å². The molecule has 1 N–H and O–H groups in total. The fourth-order valence-corrected chi connectivity index (χ4v) is 5.83. The quantitative estimate of drug-likeness (QED) is 0.871. The molecule has 1 saturated carbocycles. The Morgan fingerprint density at radius 3 is 2.30 bits per heavy atom. The molecule has 118 valence electrons. The van der Waals surface area contributed by atoms with Crippen molar-refractivity contribution in [1.82, 2.24) is 5.32 Å². The molecule has 0 spiro atoms. The lowest BCUT2D eigenvalue weighted by Gasteiger charge is -2.42. The summed E-state index contributed by atoms with van der Waals surface area (Å²) in [5, 5.41) is 4.09. The normalized spacial score (nSPS) is 34.9. The predicted molar refractivity (Wildman–Crippen MR) is 85.4 cm³/mol. The summed E-state index contributed by atoms with van der Waals surface area (Å²) in [6, 6.07) is 0.428. The molecular weight excluding hydrogens is 270 g/mol. The van der Waals surface area contributed by atoms with Crippen LogP contribution in [-0.2, 0) is 15.5 Å². The molecule has 1 saturated heterocycles. The summed E-state index contributed by atoms with van der Waals surface area (Å²) in [6.07, 6.45) is 5.48. The first-order chi connectivity index (χ1) is 9.43. The zero-order valence-electron chi connectivity index (χ0n) is 13.5. The molecule has 20 heavy (non-hydrogen) atoms. The maximum absolute atomic E-state index is 13.0. The Bertz CT molecular complexity index is 334. The Morgan fingerprint density at radius 1 is 1.10 bits per heavy atom. The predicted octanol–water partition coefficient (Wildman–Crippen LogP) is 2.72. The third kappa shape index (κ3) is 3.83. The van der Waals surface area contributed by atoms with Gasteiger partial charge in [-0.25, -0.2) is 0 Å². The molecule has 0 bridgehead atoms. The van der Waals surface area contributed by atoms with Crippen LogP contribution in [0.2, 0.25) is 0 Å². The summed E-state index contributed by atoms with van der Waals surface area (Å²) in [4.78, 5) is 0. The molecule has 4 unspecified atom stereocenters. The fourth-order valence-electron chi connectivity index (χ4n) is 3.66. The van der Waals surface area contributed by atoms with Gasteiger partial charge in [0.05, 0.1) is 5.25 Å². The van der Waals surface area contributed by atoms with Gasteiger partial charge in [-0.05, 0) is 50.5 Å². The van der Waals surface area contributed by atoms with E-state index in [4.69, 9.17) is 4.74 Å². The largest absolute Gasteiger partial charge is 0.381 e. The highest BCUT2D eigenvalue weighted by atomic mass is 32.2. The van der Waals surface area contributed by atoms with Crippen LogP contribution >= 0.6 is 0 Å². The smallest absolute Gasteiger partial charge is 0.0506 e. The lowest BCUT2D eigenvalue weighted by atomic mass is 9.71. The number of hydrogen-bond acceptors (Lipinski definition) is 3. The average molecular weight is 301 g/mol. The third-order valence-corrected chi connectivity index (χ3v) is 7.43. The van der Waals surface area contributed by atoms with Gasteiger partial charge in [-0.2, -0.15) is 0 Å². The summed E-state index contributed by atoms with van der Waals surface area (Å²) in [5.74, 6) is 0.695. The van der Waals surface area contributed by atoms with Crippen molar-refractivity contribution in [3.63, 3.8) is 0 Å². The molecule has 1 heterocycles. The van der Waals surface area contributed by atoms with E-state index in [9.17, 15) is 4.21 Å². The first kappa shape index (κ1) is 16.4. The lowest BCUT2D eigenvalue weighted by molar-refractivity contribution is 0.0985. The van der Waals surface area contributed by atoms with Crippen LogP contribution in [0.4, 0.5) is 0 Å². The minimum absolute atomic E-state index is 0.320. The number of hydrogen-bond donors (Lipinski definition) is 1. The van der Waals surface area contributed by atoms with Gasteiger partial charge >= 0.3 is 0 Å². The standard InChI is InChI=1S/C16H31NO2S/c1-16(2,3)12-5-6-14(17-4)15(11-12)20(18)13-7-9-19-10-8-13/h12-15,17H,5-11H2,1-4H3. The second-order valence-corrected chi connectivity index (χ2v) is 9.38. The summed E-state index contributed by atoms with van der Waals surface area (Å²) < 4.78 is 18.4. The van der Waals surface area contributed by atoms with E-state index in [-0.39, 0.29) is 0 Å². The van der Waals surface area contributed by atoms with Crippen LogP contribution in [0.25, 0.3) is 0 Å². The monoisotopic (exact) mass is 301 g/mol. The lowest BCUT2D eigenvalue weighted by Crippen LogP contribution is -2.49. The van der Waals surface area contributed by atoms with Crippen molar-refractivity contribution in [2.75, 3.05) is 20.3 Å². The third-order valence-electron chi connectivity index (χ3n) is 5.18. The van der Waals surface area contributed by atoms with Gasteiger partial charge in [-0.15, -0.1) is 0 Å². The molecule has 2 rings (SSSR count). The van der Waals surface area contributed by atoms with Gasteiger partial charge in [0, 0.05) is 35.3 Å². The van der Waals surface area contributed by atoms with E-state index in [1.807, 2.05) is 7.05 Å². The molecule has 4 heteroatoms. The number of nitrogens with one attached hydrogen (secondary N) is 1. The van der Waals surface area contributed by atoms with Gasteiger partial charge < -0.3 is 10.1 Å². The van der Waals surface area contributed by atoms with Crippen LogP contribution in [0.3, 0.4) is 0 Å². The minimum Gasteiger partial charge on any atom is -0.381 e. The van der Waals surface area contributed by atoms with Gasteiger partial charge in [0.25, 0.3) is 0 Å². The average Bonchev–Trinajstić information content (AvgIpc) is 2.45. The van der Waals surface area contributed by atoms with E-state index in [2.05, 4.69) is 26.1 Å². The topological polar surface area (TPSA) is 38.3 Å². The van der Waals surface area contributed by atoms with Crippen molar-refractivity contribution in [3.05, 3.63) is 0 Å². The van der Waals surface area contributed by atoms with Crippen molar-refractivity contribution >= 4 is 10.8 Å². The van der Waals surface area contributed by atoms with Crippen molar-refractivity contribution in [1.29, 1.82) is 0 Å². The molecule has 1 aliphatic carbocycles. The highest BCUT2D eigenvalue weighted by Crippen LogP contribution is 2.40. The number of ether oxygens (including phenoxy) is 1. The minimum atomic E-state index is -0.721. The molecule has 1 aliphatic heterocycles. The zero-order chi connectivity index (χ0) is 14.8. The van der Waals surface area contributed by atoms with Crippen LogP contribution in [0.15, 0.2) is 0 Å².